The second-order valence-corrected chi connectivity index (χ2v) is 6.51. The van der Waals surface area contributed by atoms with Crippen LogP contribution in [0.25, 0.3) is 5.69 Å². The molecule has 1 aromatic heterocycles. The van der Waals surface area contributed by atoms with Gasteiger partial charge in [-0.15, -0.1) is 0 Å². The van der Waals surface area contributed by atoms with Crippen LogP contribution in [-0.4, -0.2) is 50.0 Å². The van der Waals surface area contributed by atoms with Crippen molar-refractivity contribution in [3.63, 3.8) is 0 Å². The van der Waals surface area contributed by atoms with E-state index < -0.39 is 0 Å². The van der Waals surface area contributed by atoms with Gasteiger partial charge in [0.1, 0.15) is 0 Å². The van der Waals surface area contributed by atoms with Crippen molar-refractivity contribution in [1.82, 2.24) is 14.7 Å². The van der Waals surface area contributed by atoms with Gasteiger partial charge in [-0.05, 0) is 36.5 Å². The third-order valence-electron chi connectivity index (χ3n) is 4.29. The standard InChI is InChI=1S/C18H23N3O3/c1-12(2)13-4-3-5-15(10-13)21-11-16(23)17(19-21)18(24)20(8-9-22)14-6-7-14/h3-5,10-12,14,22-23H,6-9H2,1-2H3. The molecule has 0 saturated heterocycles. The minimum Gasteiger partial charge on any atom is -0.504 e. The Morgan fingerprint density at radius 1 is 1.42 bits per heavy atom. The number of aromatic hydroxyl groups is 1. The first-order chi connectivity index (χ1) is 11.5. The number of aliphatic hydroxyl groups excluding tert-OH is 1. The van der Waals surface area contributed by atoms with Gasteiger partial charge in [0.2, 0.25) is 0 Å². The lowest BCUT2D eigenvalue weighted by Gasteiger charge is -2.20. The zero-order valence-corrected chi connectivity index (χ0v) is 14.0. The van der Waals surface area contributed by atoms with E-state index in [-0.39, 0.29) is 36.5 Å². The minimum atomic E-state index is -0.331. The number of amides is 1. The summed E-state index contributed by atoms with van der Waals surface area (Å²) in [7, 11) is 0. The normalized spacial score (nSPS) is 14.2. The molecule has 1 aliphatic carbocycles. The lowest BCUT2D eigenvalue weighted by atomic mass is 10.0. The van der Waals surface area contributed by atoms with Crippen LogP contribution < -0.4 is 0 Å². The molecule has 2 N–H and O–H groups in total. The van der Waals surface area contributed by atoms with Crippen molar-refractivity contribution in [2.75, 3.05) is 13.2 Å². The van der Waals surface area contributed by atoms with Crippen molar-refractivity contribution < 1.29 is 15.0 Å². The predicted molar refractivity (Wildman–Crippen MR) is 90.5 cm³/mol. The fraction of sp³-hybridized carbons (Fsp3) is 0.444. The van der Waals surface area contributed by atoms with Crippen molar-refractivity contribution >= 4 is 5.91 Å². The average Bonchev–Trinajstić information content (AvgIpc) is 3.33. The number of carbonyl (C=O) groups is 1. The minimum absolute atomic E-state index is 0.0327. The number of aromatic nitrogens is 2. The number of carbonyl (C=O) groups excluding carboxylic acids is 1. The molecule has 3 rings (SSSR count). The van der Waals surface area contributed by atoms with Crippen LogP contribution >= 0.6 is 0 Å². The molecular formula is C18H23N3O3. The van der Waals surface area contributed by atoms with E-state index >= 15 is 0 Å². The molecule has 0 unspecified atom stereocenters. The van der Waals surface area contributed by atoms with Crippen LogP contribution in [0.5, 0.6) is 5.75 Å². The fourth-order valence-corrected chi connectivity index (χ4v) is 2.76. The smallest absolute Gasteiger partial charge is 0.278 e. The number of nitrogens with zero attached hydrogens (tertiary/aromatic N) is 3. The lowest BCUT2D eigenvalue weighted by molar-refractivity contribution is 0.0698. The van der Waals surface area contributed by atoms with E-state index in [9.17, 15) is 9.90 Å². The summed E-state index contributed by atoms with van der Waals surface area (Å²) in [6, 6.07) is 8.02. The monoisotopic (exact) mass is 329 g/mol. The van der Waals surface area contributed by atoms with E-state index in [2.05, 4.69) is 18.9 Å². The summed E-state index contributed by atoms with van der Waals surface area (Å²) < 4.78 is 1.53. The molecule has 6 heteroatoms. The third-order valence-corrected chi connectivity index (χ3v) is 4.29. The van der Waals surface area contributed by atoms with Gasteiger partial charge in [0.05, 0.1) is 18.5 Å². The maximum absolute atomic E-state index is 12.6. The molecule has 24 heavy (non-hydrogen) atoms. The summed E-state index contributed by atoms with van der Waals surface area (Å²) in [6.07, 6.45) is 3.32. The van der Waals surface area contributed by atoms with Crippen LogP contribution in [0.3, 0.4) is 0 Å². The molecule has 1 aliphatic rings. The molecule has 1 heterocycles. The molecule has 1 amide bonds. The van der Waals surface area contributed by atoms with Gasteiger partial charge in [0, 0.05) is 12.6 Å². The van der Waals surface area contributed by atoms with Gasteiger partial charge in [-0.2, -0.15) is 5.10 Å². The Morgan fingerprint density at radius 3 is 2.79 bits per heavy atom. The molecule has 0 bridgehead atoms. The van der Waals surface area contributed by atoms with Gasteiger partial charge in [-0.25, -0.2) is 4.68 Å². The first-order valence-electron chi connectivity index (χ1n) is 8.32. The quantitative estimate of drug-likeness (QED) is 0.852. The zero-order chi connectivity index (χ0) is 17.3. The van der Waals surface area contributed by atoms with E-state index in [1.165, 1.54) is 10.9 Å². The Labute approximate surface area is 141 Å². The fourth-order valence-electron chi connectivity index (χ4n) is 2.76. The number of hydrogen-bond acceptors (Lipinski definition) is 4. The van der Waals surface area contributed by atoms with Crippen molar-refractivity contribution in [2.24, 2.45) is 0 Å². The van der Waals surface area contributed by atoms with Gasteiger partial charge < -0.3 is 15.1 Å². The summed E-state index contributed by atoms with van der Waals surface area (Å²) in [4.78, 5) is 14.2. The molecule has 6 nitrogen and oxygen atoms in total. The summed E-state index contributed by atoms with van der Waals surface area (Å²) in [5.41, 5.74) is 2.00. The van der Waals surface area contributed by atoms with E-state index in [1.807, 2.05) is 24.3 Å². The van der Waals surface area contributed by atoms with Crippen molar-refractivity contribution in [1.29, 1.82) is 0 Å². The van der Waals surface area contributed by atoms with Crippen LogP contribution in [-0.2, 0) is 0 Å². The second kappa shape index (κ2) is 6.65. The van der Waals surface area contributed by atoms with Gasteiger partial charge in [0.15, 0.2) is 11.4 Å². The first kappa shape index (κ1) is 16.5. The molecular weight excluding hydrogens is 306 g/mol. The Bertz CT molecular complexity index is 735. The predicted octanol–water partition coefficient (Wildman–Crippen LogP) is 2.30. The SMILES string of the molecule is CC(C)c1cccc(-n2cc(O)c(C(=O)N(CCO)C3CC3)n2)c1. The number of hydrogen-bond donors (Lipinski definition) is 2. The largest absolute Gasteiger partial charge is 0.504 e. The van der Waals surface area contributed by atoms with Crippen LogP contribution in [0.4, 0.5) is 0 Å². The summed E-state index contributed by atoms with van der Waals surface area (Å²) in [5.74, 6) is -0.0912. The Balaban J connectivity index is 1.89. The number of benzene rings is 1. The van der Waals surface area contributed by atoms with Crippen LogP contribution in [0, 0.1) is 0 Å². The van der Waals surface area contributed by atoms with E-state index in [4.69, 9.17) is 5.11 Å². The molecule has 128 valence electrons. The van der Waals surface area contributed by atoms with Crippen molar-refractivity contribution in [2.45, 2.75) is 38.6 Å². The summed E-state index contributed by atoms with van der Waals surface area (Å²) in [5, 5.41) is 23.6. The maximum atomic E-state index is 12.6. The molecule has 2 aromatic rings. The van der Waals surface area contributed by atoms with Gasteiger partial charge in [-0.1, -0.05) is 26.0 Å². The van der Waals surface area contributed by atoms with Gasteiger partial charge in [0.25, 0.3) is 5.91 Å². The van der Waals surface area contributed by atoms with Crippen LogP contribution in [0.15, 0.2) is 30.5 Å². The Hall–Kier alpha value is -2.34. The summed E-state index contributed by atoms with van der Waals surface area (Å²) in [6.45, 7) is 4.38. The molecule has 1 aromatic carbocycles. The number of aliphatic hydroxyl groups is 1. The molecule has 0 atom stereocenters. The molecule has 1 saturated carbocycles. The highest BCUT2D eigenvalue weighted by molar-refractivity contribution is 5.95. The highest BCUT2D eigenvalue weighted by atomic mass is 16.3. The zero-order valence-electron chi connectivity index (χ0n) is 14.0. The van der Waals surface area contributed by atoms with E-state index in [0.717, 1.165) is 24.1 Å². The topological polar surface area (TPSA) is 78.6 Å². The Kier molecular flexibility index (Phi) is 4.57. The van der Waals surface area contributed by atoms with Crippen LogP contribution in [0.2, 0.25) is 0 Å². The molecule has 0 radical (unpaired) electrons. The van der Waals surface area contributed by atoms with Crippen molar-refractivity contribution in [3.8, 4) is 11.4 Å². The summed E-state index contributed by atoms with van der Waals surface area (Å²) >= 11 is 0. The van der Waals surface area contributed by atoms with Gasteiger partial charge in [-0.3, -0.25) is 4.79 Å². The maximum Gasteiger partial charge on any atom is 0.278 e. The van der Waals surface area contributed by atoms with E-state index in [0.29, 0.717) is 5.92 Å². The average molecular weight is 329 g/mol. The first-order valence-corrected chi connectivity index (χ1v) is 8.32. The second-order valence-electron chi connectivity index (χ2n) is 6.51. The lowest BCUT2D eigenvalue weighted by Crippen LogP contribution is -2.35. The molecule has 1 fully saturated rings. The van der Waals surface area contributed by atoms with Crippen molar-refractivity contribution in [3.05, 3.63) is 41.7 Å². The molecule has 0 aliphatic heterocycles. The van der Waals surface area contributed by atoms with E-state index in [1.54, 1.807) is 4.90 Å². The number of rotatable bonds is 6. The van der Waals surface area contributed by atoms with Gasteiger partial charge >= 0.3 is 0 Å². The molecule has 0 spiro atoms. The third kappa shape index (κ3) is 3.28. The Morgan fingerprint density at radius 2 is 2.17 bits per heavy atom. The van der Waals surface area contributed by atoms with Crippen LogP contribution in [0.1, 0.15) is 48.7 Å². The highest BCUT2D eigenvalue weighted by Gasteiger charge is 2.34. The highest BCUT2D eigenvalue weighted by Crippen LogP contribution is 2.30.